The summed E-state index contributed by atoms with van der Waals surface area (Å²) in [5, 5.41) is 0. The largest absolute Gasteiger partial charge is 0.376 e. The molecule has 0 aromatic heterocycles. The molecule has 0 unspecified atom stereocenters. The SMILES string of the molecule is CC1(C)C[C@@]12CO[C@H](CN)C2. The Morgan fingerprint density at radius 2 is 2.18 bits per heavy atom. The Morgan fingerprint density at radius 3 is 2.45 bits per heavy atom. The van der Waals surface area contributed by atoms with Crippen LogP contribution in [0.1, 0.15) is 26.7 Å². The van der Waals surface area contributed by atoms with Crippen LogP contribution in [0.15, 0.2) is 0 Å². The van der Waals surface area contributed by atoms with Gasteiger partial charge in [-0.15, -0.1) is 0 Å². The standard InChI is InChI=1S/C9H17NO/c1-8(2)5-9(8)3-7(4-10)11-6-9/h7H,3-6,10H2,1-2H3/t7-,9-/m0/s1. The van der Waals surface area contributed by atoms with Crippen LogP contribution >= 0.6 is 0 Å². The topological polar surface area (TPSA) is 35.2 Å². The maximum atomic E-state index is 5.59. The van der Waals surface area contributed by atoms with Gasteiger partial charge in [0.05, 0.1) is 12.7 Å². The third kappa shape index (κ3) is 0.926. The van der Waals surface area contributed by atoms with E-state index in [1.807, 2.05) is 0 Å². The summed E-state index contributed by atoms with van der Waals surface area (Å²) in [4.78, 5) is 0. The molecule has 2 rings (SSSR count). The summed E-state index contributed by atoms with van der Waals surface area (Å²) in [6.45, 7) is 6.30. The van der Waals surface area contributed by atoms with E-state index in [0.717, 1.165) is 6.61 Å². The van der Waals surface area contributed by atoms with Gasteiger partial charge >= 0.3 is 0 Å². The zero-order valence-corrected chi connectivity index (χ0v) is 7.39. The van der Waals surface area contributed by atoms with Crippen molar-refractivity contribution >= 4 is 0 Å². The van der Waals surface area contributed by atoms with Gasteiger partial charge in [-0.05, 0) is 18.3 Å². The molecule has 1 aliphatic carbocycles. The molecule has 1 heterocycles. The second-order valence-corrected chi connectivity index (χ2v) is 4.71. The molecule has 2 nitrogen and oxygen atoms in total. The maximum absolute atomic E-state index is 5.59. The number of hydrogen-bond donors (Lipinski definition) is 1. The molecule has 2 fully saturated rings. The third-order valence-corrected chi connectivity index (χ3v) is 3.57. The molecule has 0 bridgehead atoms. The zero-order valence-electron chi connectivity index (χ0n) is 7.39. The van der Waals surface area contributed by atoms with E-state index >= 15 is 0 Å². The van der Waals surface area contributed by atoms with Crippen molar-refractivity contribution in [3.05, 3.63) is 0 Å². The lowest BCUT2D eigenvalue weighted by atomic mass is 9.93. The van der Waals surface area contributed by atoms with Crippen molar-refractivity contribution in [1.82, 2.24) is 0 Å². The Labute approximate surface area is 68.1 Å². The van der Waals surface area contributed by atoms with Crippen LogP contribution in [0, 0.1) is 10.8 Å². The molecule has 1 saturated heterocycles. The molecule has 1 saturated carbocycles. The van der Waals surface area contributed by atoms with Crippen LogP contribution in [-0.4, -0.2) is 19.3 Å². The first kappa shape index (κ1) is 7.56. The van der Waals surface area contributed by atoms with Crippen molar-refractivity contribution in [2.45, 2.75) is 32.8 Å². The first-order chi connectivity index (χ1) is 5.10. The van der Waals surface area contributed by atoms with Gasteiger partial charge in [0.2, 0.25) is 0 Å². The molecule has 11 heavy (non-hydrogen) atoms. The van der Waals surface area contributed by atoms with Crippen LogP contribution in [0.25, 0.3) is 0 Å². The minimum absolute atomic E-state index is 0.344. The monoisotopic (exact) mass is 155 g/mol. The van der Waals surface area contributed by atoms with E-state index < -0.39 is 0 Å². The molecule has 1 spiro atoms. The van der Waals surface area contributed by atoms with Crippen LogP contribution in [0.2, 0.25) is 0 Å². The Morgan fingerprint density at radius 1 is 1.55 bits per heavy atom. The van der Waals surface area contributed by atoms with Gasteiger partial charge in [0.1, 0.15) is 0 Å². The van der Waals surface area contributed by atoms with Gasteiger partial charge in [-0.25, -0.2) is 0 Å². The predicted molar refractivity (Wildman–Crippen MR) is 44.2 cm³/mol. The van der Waals surface area contributed by atoms with E-state index in [0.29, 0.717) is 23.5 Å². The summed E-state index contributed by atoms with van der Waals surface area (Å²) in [6, 6.07) is 0. The average molecular weight is 155 g/mol. The summed E-state index contributed by atoms with van der Waals surface area (Å²) >= 11 is 0. The van der Waals surface area contributed by atoms with E-state index in [-0.39, 0.29) is 0 Å². The van der Waals surface area contributed by atoms with Crippen molar-refractivity contribution in [2.24, 2.45) is 16.6 Å². The Balaban J connectivity index is 2.01. The van der Waals surface area contributed by atoms with Crippen molar-refractivity contribution in [1.29, 1.82) is 0 Å². The fourth-order valence-electron chi connectivity index (χ4n) is 2.38. The van der Waals surface area contributed by atoms with Gasteiger partial charge in [0.15, 0.2) is 0 Å². The van der Waals surface area contributed by atoms with Crippen molar-refractivity contribution in [3.63, 3.8) is 0 Å². The number of ether oxygens (including phenoxy) is 1. The Hall–Kier alpha value is -0.0800. The van der Waals surface area contributed by atoms with Crippen LogP contribution in [0.5, 0.6) is 0 Å². The van der Waals surface area contributed by atoms with Gasteiger partial charge in [-0.2, -0.15) is 0 Å². The maximum Gasteiger partial charge on any atom is 0.0703 e. The fraction of sp³-hybridized carbons (Fsp3) is 1.00. The molecule has 2 heteroatoms. The summed E-state index contributed by atoms with van der Waals surface area (Å²) in [7, 11) is 0. The van der Waals surface area contributed by atoms with E-state index in [1.165, 1.54) is 12.8 Å². The normalized spacial score (nSPS) is 46.6. The molecule has 2 N–H and O–H groups in total. The van der Waals surface area contributed by atoms with Gasteiger partial charge in [0, 0.05) is 12.0 Å². The van der Waals surface area contributed by atoms with Crippen LogP contribution < -0.4 is 5.73 Å². The van der Waals surface area contributed by atoms with Crippen LogP contribution in [0.3, 0.4) is 0 Å². The first-order valence-corrected chi connectivity index (χ1v) is 4.41. The van der Waals surface area contributed by atoms with Gasteiger partial charge in [-0.3, -0.25) is 0 Å². The Bertz CT molecular complexity index is 178. The lowest BCUT2D eigenvalue weighted by Gasteiger charge is -2.09. The lowest BCUT2D eigenvalue weighted by molar-refractivity contribution is 0.108. The molecule has 2 aliphatic rings. The molecule has 64 valence electrons. The molecule has 0 aromatic rings. The van der Waals surface area contributed by atoms with Crippen LogP contribution in [0.4, 0.5) is 0 Å². The number of rotatable bonds is 1. The molecular weight excluding hydrogens is 138 g/mol. The van der Waals surface area contributed by atoms with Crippen molar-refractivity contribution in [2.75, 3.05) is 13.2 Å². The lowest BCUT2D eigenvalue weighted by Crippen LogP contribution is -2.19. The molecule has 1 aliphatic heterocycles. The molecule has 2 atom stereocenters. The molecular formula is C9H17NO. The highest BCUT2D eigenvalue weighted by Crippen LogP contribution is 2.68. The Kier molecular flexibility index (Phi) is 1.37. The average Bonchev–Trinajstić information content (AvgIpc) is 2.35. The highest BCUT2D eigenvalue weighted by molar-refractivity contribution is 5.12. The first-order valence-electron chi connectivity index (χ1n) is 4.41. The van der Waals surface area contributed by atoms with Crippen LogP contribution in [-0.2, 0) is 4.74 Å². The number of nitrogens with two attached hydrogens (primary N) is 1. The predicted octanol–water partition coefficient (Wildman–Crippen LogP) is 1.15. The van der Waals surface area contributed by atoms with Crippen molar-refractivity contribution < 1.29 is 4.74 Å². The second kappa shape index (κ2) is 1.99. The van der Waals surface area contributed by atoms with Gasteiger partial charge in [0.25, 0.3) is 0 Å². The third-order valence-electron chi connectivity index (χ3n) is 3.57. The summed E-state index contributed by atoms with van der Waals surface area (Å²) in [5.41, 5.74) is 6.58. The summed E-state index contributed by atoms with van der Waals surface area (Å²) in [6.07, 6.45) is 2.87. The second-order valence-electron chi connectivity index (χ2n) is 4.71. The van der Waals surface area contributed by atoms with E-state index in [2.05, 4.69) is 13.8 Å². The quantitative estimate of drug-likeness (QED) is 0.616. The number of hydrogen-bond acceptors (Lipinski definition) is 2. The highest BCUT2D eigenvalue weighted by Gasteiger charge is 2.64. The van der Waals surface area contributed by atoms with Gasteiger partial charge < -0.3 is 10.5 Å². The van der Waals surface area contributed by atoms with Gasteiger partial charge in [-0.1, -0.05) is 13.8 Å². The summed E-state index contributed by atoms with van der Waals surface area (Å²) in [5.74, 6) is 0. The minimum Gasteiger partial charge on any atom is -0.376 e. The molecule has 0 radical (unpaired) electrons. The van der Waals surface area contributed by atoms with E-state index in [9.17, 15) is 0 Å². The molecule has 0 aromatic carbocycles. The zero-order chi connectivity index (χ0) is 8.11. The smallest absolute Gasteiger partial charge is 0.0703 e. The fourth-order valence-corrected chi connectivity index (χ4v) is 2.38. The molecule has 0 amide bonds. The van der Waals surface area contributed by atoms with Crippen molar-refractivity contribution in [3.8, 4) is 0 Å². The van der Waals surface area contributed by atoms with E-state index in [4.69, 9.17) is 10.5 Å². The summed E-state index contributed by atoms with van der Waals surface area (Å²) < 4.78 is 5.59. The minimum atomic E-state index is 0.344. The highest BCUT2D eigenvalue weighted by atomic mass is 16.5. The van der Waals surface area contributed by atoms with E-state index in [1.54, 1.807) is 0 Å².